The van der Waals surface area contributed by atoms with Gasteiger partial charge in [0.1, 0.15) is 48.8 Å². The van der Waals surface area contributed by atoms with Gasteiger partial charge in [-0.3, -0.25) is 14.4 Å². The first-order valence-electron chi connectivity index (χ1n) is 20.1. The first-order valence-corrected chi connectivity index (χ1v) is 20.1. The minimum atomic E-state index is -1.54. The van der Waals surface area contributed by atoms with Crippen molar-refractivity contribution in [1.82, 2.24) is 16.0 Å². The van der Waals surface area contributed by atoms with E-state index in [2.05, 4.69) is 16.0 Å². The molecule has 24 heteroatoms. The van der Waals surface area contributed by atoms with Crippen molar-refractivity contribution < 1.29 is 103 Å². The summed E-state index contributed by atoms with van der Waals surface area (Å²) in [5.74, 6) is -0.847. The molecule has 24 nitrogen and oxygen atoms in total. The van der Waals surface area contributed by atoms with Gasteiger partial charge in [0.25, 0.3) is 0 Å². The lowest BCUT2D eigenvalue weighted by Crippen LogP contribution is -2.59. The number of nitrogens with one attached hydrogen (secondary N) is 3. The van der Waals surface area contributed by atoms with Crippen LogP contribution in [0.15, 0.2) is 0 Å². The molecule has 2 fully saturated rings. The predicted octanol–water partition coefficient (Wildman–Crippen LogP) is -6.37. The first kappa shape index (κ1) is 53.8. The topological polar surface area (TPSA) is 341 Å². The van der Waals surface area contributed by atoms with E-state index in [-0.39, 0.29) is 136 Å². The number of carbonyl (C=O) groups excluding carboxylic acids is 3. The summed E-state index contributed by atoms with van der Waals surface area (Å²) < 4.78 is 53.8. The second-order valence-corrected chi connectivity index (χ2v) is 13.5. The van der Waals surface area contributed by atoms with Gasteiger partial charge in [-0.2, -0.15) is 0 Å². The quantitative estimate of drug-likeness (QED) is 0.0268. The van der Waals surface area contributed by atoms with Crippen molar-refractivity contribution >= 4 is 17.7 Å². The second kappa shape index (κ2) is 32.4. The number of amides is 3. The molecule has 2 aliphatic heterocycles. The van der Waals surface area contributed by atoms with Crippen LogP contribution in [0.3, 0.4) is 0 Å². The van der Waals surface area contributed by atoms with E-state index >= 15 is 0 Å². The molecule has 0 aromatic heterocycles. The Hall–Kier alpha value is -2.31. The zero-order valence-electron chi connectivity index (χ0n) is 34.1. The summed E-state index contributed by atoms with van der Waals surface area (Å²) in [4.78, 5) is 36.8. The van der Waals surface area contributed by atoms with Gasteiger partial charge in [-0.05, 0) is 6.92 Å². The number of carbonyl (C=O) groups is 3. The van der Waals surface area contributed by atoms with Crippen molar-refractivity contribution in [3.05, 3.63) is 0 Å². The average molecular weight is 878 g/mol. The Labute approximate surface area is 348 Å². The molecule has 0 aromatic rings. The van der Waals surface area contributed by atoms with Gasteiger partial charge in [0, 0.05) is 39.0 Å². The van der Waals surface area contributed by atoms with E-state index in [4.69, 9.17) is 47.4 Å². The van der Waals surface area contributed by atoms with Crippen LogP contribution >= 0.6 is 0 Å². The van der Waals surface area contributed by atoms with Crippen LogP contribution in [0.5, 0.6) is 0 Å². The van der Waals surface area contributed by atoms with Crippen LogP contribution < -0.4 is 16.0 Å². The highest BCUT2D eigenvalue weighted by molar-refractivity contribution is 5.77. The van der Waals surface area contributed by atoms with Gasteiger partial charge in [0.05, 0.1) is 105 Å². The minimum absolute atomic E-state index is 0.00921. The molecule has 2 saturated heterocycles. The molecule has 0 spiro atoms. The zero-order chi connectivity index (χ0) is 44.1. The third kappa shape index (κ3) is 21.7. The SMILES string of the molecule is CCOCCC(=O)NC(COCCC(=O)NCCOCCOCCOC1OC(CO)C(O)C(O)C1O)COCCC(=O)NCCOCCOC1OC(CO)C(O)C(O)C1O. The van der Waals surface area contributed by atoms with Gasteiger partial charge in [-0.25, -0.2) is 0 Å². The van der Waals surface area contributed by atoms with Gasteiger partial charge in [0.2, 0.25) is 17.7 Å². The van der Waals surface area contributed by atoms with Gasteiger partial charge in [0.15, 0.2) is 12.6 Å². The van der Waals surface area contributed by atoms with Gasteiger partial charge in [-0.1, -0.05) is 0 Å². The summed E-state index contributed by atoms with van der Waals surface area (Å²) in [5, 5.41) is 85.8. The monoisotopic (exact) mass is 877 g/mol. The standard InChI is InChI=1S/C36H67N3O21/c1-2-51-8-5-28(44)39-23(22-56-10-4-27(43)38-7-12-53-15-17-57-35-33(49)31(47)29(45)24(19-40)59-35)21-55-9-3-26(42)37-6-11-52-13-14-54-16-18-58-36-34(50)32(48)30(46)25(20-41)60-36/h23-25,29-36,40-41,45-50H,2-22H2,1H3,(H,37,42)(H,38,43)(H,39,44). The Bertz CT molecular complexity index is 1140. The van der Waals surface area contributed by atoms with E-state index < -0.39 is 80.7 Å². The lowest BCUT2D eigenvalue weighted by Gasteiger charge is -2.39. The van der Waals surface area contributed by atoms with E-state index in [1.807, 2.05) is 6.92 Å². The number of aliphatic hydroxyl groups is 8. The molecule has 2 aliphatic rings. The van der Waals surface area contributed by atoms with Gasteiger partial charge >= 0.3 is 0 Å². The lowest BCUT2D eigenvalue weighted by molar-refractivity contribution is -0.302. The Morgan fingerprint density at radius 2 is 0.900 bits per heavy atom. The summed E-state index contributed by atoms with van der Waals surface area (Å²) in [5.41, 5.74) is 0. The fourth-order valence-electron chi connectivity index (χ4n) is 5.50. The van der Waals surface area contributed by atoms with E-state index in [1.165, 1.54) is 0 Å². The number of hydrogen-bond donors (Lipinski definition) is 11. The molecule has 0 saturated carbocycles. The molecular formula is C36H67N3O21. The number of hydrogen-bond acceptors (Lipinski definition) is 21. The van der Waals surface area contributed by atoms with Crippen molar-refractivity contribution in [3.63, 3.8) is 0 Å². The minimum Gasteiger partial charge on any atom is -0.394 e. The first-order chi connectivity index (χ1) is 28.9. The van der Waals surface area contributed by atoms with Crippen LogP contribution in [-0.4, -0.2) is 245 Å². The van der Waals surface area contributed by atoms with E-state index in [0.717, 1.165) is 0 Å². The largest absolute Gasteiger partial charge is 0.394 e. The average Bonchev–Trinajstić information content (AvgIpc) is 3.23. The van der Waals surface area contributed by atoms with Crippen LogP contribution in [-0.2, 0) is 61.8 Å². The Morgan fingerprint density at radius 1 is 0.500 bits per heavy atom. The molecule has 0 aromatic carbocycles. The Morgan fingerprint density at radius 3 is 1.33 bits per heavy atom. The molecule has 0 aliphatic carbocycles. The van der Waals surface area contributed by atoms with Crippen molar-refractivity contribution in [3.8, 4) is 0 Å². The highest BCUT2D eigenvalue weighted by atomic mass is 16.7. The van der Waals surface area contributed by atoms with E-state index in [9.17, 15) is 55.2 Å². The normalized spacial score (nSPS) is 27.4. The number of rotatable bonds is 34. The summed E-state index contributed by atoms with van der Waals surface area (Å²) in [6.07, 6.45) is -13.4. The fourth-order valence-corrected chi connectivity index (χ4v) is 5.50. The number of ether oxygens (including phenoxy) is 10. The summed E-state index contributed by atoms with van der Waals surface area (Å²) in [6.45, 7) is 3.07. The Kier molecular flexibility index (Phi) is 29.0. The Balaban J connectivity index is 1.51. The third-order valence-electron chi connectivity index (χ3n) is 8.85. The zero-order valence-corrected chi connectivity index (χ0v) is 34.1. The van der Waals surface area contributed by atoms with E-state index in [1.54, 1.807) is 0 Å². The van der Waals surface area contributed by atoms with Gasteiger partial charge in [-0.15, -0.1) is 0 Å². The molecule has 352 valence electrons. The van der Waals surface area contributed by atoms with E-state index in [0.29, 0.717) is 6.61 Å². The molecule has 11 atom stereocenters. The van der Waals surface area contributed by atoms with Crippen LogP contribution in [0.4, 0.5) is 0 Å². The summed E-state index contributed by atoms with van der Waals surface area (Å²) in [7, 11) is 0. The summed E-state index contributed by atoms with van der Waals surface area (Å²) >= 11 is 0. The molecule has 11 N–H and O–H groups in total. The molecule has 0 radical (unpaired) electrons. The summed E-state index contributed by atoms with van der Waals surface area (Å²) in [6, 6.07) is -0.557. The van der Waals surface area contributed by atoms with Crippen molar-refractivity contribution in [2.45, 2.75) is 93.6 Å². The molecule has 11 unspecified atom stereocenters. The molecular weight excluding hydrogens is 810 g/mol. The van der Waals surface area contributed by atoms with Crippen LogP contribution in [0.1, 0.15) is 26.2 Å². The molecule has 3 amide bonds. The third-order valence-corrected chi connectivity index (χ3v) is 8.85. The predicted molar refractivity (Wildman–Crippen MR) is 202 cm³/mol. The molecule has 2 rings (SSSR count). The van der Waals surface area contributed by atoms with Crippen molar-refractivity contribution in [1.29, 1.82) is 0 Å². The molecule has 0 bridgehead atoms. The van der Waals surface area contributed by atoms with Crippen LogP contribution in [0, 0.1) is 0 Å². The maximum atomic E-state index is 12.4. The molecule has 2 heterocycles. The highest BCUT2D eigenvalue weighted by Gasteiger charge is 2.45. The van der Waals surface area contributed by atoms with Crippen molar-refractivity contribution in [2.24, 2.45) is 0 Å². The lowest BCUT2D eigenvalue weighted by atomic mass is 9.99. The highest BCUT2D eigenvalue weighted by Crippen LogP contribution is 2.23. The number of aliphatic hydroxyl groups excluding tert-OH is 8. The van der Waals surface area contributed by atoms with Crippen LogP contribution in [0.25, 0.3) is 0 Å². The smallest absolute Gasteiger partial charge is 0.222 e. The van der Waals surface area contributed by atoms with Gasteiger partial charge < -0.3 is 104 Å². The second-order valence-electron chi connectivity index (χ2n) is 13.5. The van der Waals surface area contributed by atoms with Crippen molar-refractivity contribution in [2.75, 3.05) is 119 Å². The fraction of sp³-hybridized carbons (Fsp3) is 0.917. The maximum Gasteiger partial charge on any atom is 0.222 e. The maximum absolute atomic E-state index is 12.4. The van der Waals surface area contributed by atoms with Crippen LogP contribution in [0.2, 0.25) is 0 Å². The molecule has 60 heavy (non-hydrogen) atoms.